The summed E-state index contributed by atoms with van der Waals surface area (Å²) in [7, 11) is 2.12. The number of nitrogens with one attached hydrogen (secondary N) is 1. The summed E-state index contributed by atoms with van der Waals surface area (Å²) in [5.74, 6) is 1.57. The van der Waals surface area contributed by atoms with Crippen LogP contribution >= 0.6 is 0 Å². The van der Waals surface area contributed by atoms with Crippen LogP contribution in [0.5, 0.6) is 0 Å². The summed E-state index contributed by atoms with van der Waals surface area (Å²) in [6.45, 7) is 9.89. The first-order valence-corrected chi connectivity index (χ1v) is 9.75. The summed E-state index contributed by atoms with van der Waals surface area (Å²) < 4.78 is 11.0. The van der Waals surface area contributed by atoms with Crippen molar-refractivity contribution >= 4 is 11.6 Å². The highest BCUT2D eigenvalue weighted by atomic mass is 16.5. The average Bonchev–Trinajstić information content (AvgIpc) is 3.19. The predicted octanol–water partition coefficient (Wildman–Crippen LogP) is 1.96. The minimum atomic E-state index is 0.601. The van der Waals surface area contributed by atoms with E-state index in [1.54, 1.807) is 0 Å². The van der Waals surface area contributed by atoms with Crippen molar-refractivity contribution in [3.8, 4) is 0 Å². The average molecular weight is 361 g/mol. The van der Waals surface area contributed by atoms with Crippen LogP contribution in [-0.4, -0.2) is 70.5 Å². The van der Waals surface area contributed by atoms with Crippen molar-refractivity contribution in [3.63, 3.8) is 0 Å². The fourth-order valence-electron chi connectivity index (χ4n) is 3.59. The van der Waals surface area contributed by atoms with E-state index < -0.39 is 0 Å². The maximum absolute atomic E-state index is 5.51. The molecule has 6 nitrogen and oxygen atoms in total. The van der Waals surface area contributed by atoms with Gasteiger partial charge in [0.25, 0.3) is 0 Å². The van der Waals surface area contributed by atoms with Gasteiger partial charge in [0.1, 0.15) is 0 Å². The van der Waals surface area contributed by atoms with Gasteiger partial charge in [-0.15, -0.1) is 0 Å². The highest BCUT2D eigenvalue weighted by Gasteiger charge is 2.19. The first-order chi connectivity index (χ1) is 12.8. The van der Waals surface area contributed by atoms with Crippen LogP contribution in [0.4, 0.5) is 5.69 Å². The Morgan fingerprint density at radius 3 is 2.77 bits per heavy atom. The molecule has 0 bridgehead atoms. The molecule has 144 valence electrons. The molecule has 2 aliphatic rings. The molecule has 0 amide bonds. The molecule has 2 aliphatic heterocycles. The number of benzene rings is 1. The third kappa shape index (κ3) is 5.11. The molecular formula is C20H32N4O2. The molecule has 0 saturated carbocycles. The number of hydrogen-bond donors (Lipinski definition) is 1. The minimum Gasteiger partial charge on any atom is -0.381 e. The highest BCUT2D eigenvalue weighted by molar-refractivity contribution is 5.79. The number of nitrogens with zero attached hydrogens (tertiary/aromatic N) is 3. The quantitative estimate of drug-likeness (QED) is 0.621. The molecule has 1 N–H and O–H groups in total. The SMILES string of the molecule is CCNC(=NCc1ccccc1N1CCOCC1)N(C)CC1CCOC1. The maximum Gasteiger partial charge on any atom is 0.193 e. The van der Waals surface area contributed by atoms with Gasteiger partial charge in [-0.3, -0.25) is 0 Å². The van der Waals surface area contributed by atoms with Gasteiger partial charge in [0.05, 0.1) is 26.4 Å². The maximum atomic E-state index is 5.51. The third-order valence-electron chi connectivity index (χ3n) is 5.00. The standard InChI is InChI=1S/C20H32N4O2/c1-3-21-20(23(2)15-17-8-11-26-16-17)22-14-18-6-4-5-7-19(18)24-9-12-25-13-10-24/h4-7,17H,3,8-16H2,1-2H3,(H,21,22). The monoisotopic (exact) mass is 360 g/mol. The molecule has 6 heteroatoms. The number of guanidine groups is 1. The van der Waals surface area contributed by atoms with Gasteiger partial charge in [0.15, 0.2) is 5.96 Å². The van der Waals surface area contributed by atoms with Crippen LogP contribution in [0.3, 0.4) is 0 Å². The Kier molecular flexibility index (Phi) is 7.14. The van der Waals surface area contributed by atoms with Crippen LogP contribution < -0.4 is 10.2 Å². The van der Waals surface area contributed by atoms with Crippen LogP contribution in [0.1, 0.15) is 18.9 Å². The van der Waals surface area contributed by atoms with Gasteiger partial charge in [-0.25, -0.2) is 4.99 Å². The van der Waals surface area contributed by atoms with Crippen LogP contribution in [0.25, 0.3) is 0 Å². The molecule has 0 aromatic heterocycles. The second-order valence-electron chi connectivity index (χ2n) is 7.01. The van der Waals surface area contributed by atoms with E-state index in [1.807, 2.05) is 0 Å². The number of para-hydroxylation sites is 1. The van der Waals surface area contributed by atoms with Crippen molar-refractivity contribution < 1.29 is 9.47 Å². The molecule has 1 unspecified atom stereocenters. The number of rotatable bonds is 6. The Morgan fingerprint density at radius 2 is 2.04 bits per heavy atom. The fourth-order valence-corrected chi connectivity index (χ4v) is 3.59. The zero-order valence-electron chi connectivity index (χ0n) is 16.1. The van der Waals surface area contributed by atoms with Gasteiger partial charge >= 0.3 is 0 Å². The van der Waals surface area contributed by atoms with Crippen LogP contribution in [-0.2, 0) is 16.0 Å². The lowest BCUT2D eigenvalue weighted by atomic mass is 10.1. The molecule has 1 aromatic carbocycles. The van der Waals surface area contributed by atoms with Crippen molar-refractivity contribution in [3.05, 3.63) is 29.8 Å². The molecular weight excluding hydrogens is 328 g/mol. The molecule has 1 aromatic rings. The molecule has 2 saturated heterocycles. The van der Waals surface area contributed by atoms with E-state index in [0.717, 1.165) is 65.0 Å². The Bertz CT molecular complexity index is 581. The van der Waals surface area contributed by atoms with E-state index in [9.17, 15) is 0 Å². The molecule has 0 radical (unpaired) electrons. The van der Waals surface area contributed by atoms with E-state index >= 15 is 0 Å². The zero-order chi connectivity index (χ0) is 18.2. The second-order valence-corrected chi connectivity index (χ2v) is 7.01. The topological polar surface area (TPSA) is 49.3 Å². The number of hydrogen-bond acceptors (Lipinski definition) is 4. The van der Waals surface area contributed by atoms with Gasteiger partial charge in [-0.1, -0.05) is 18.2 Å². The predicted molar refractivity (Wildman–Crippen MR) is 106 cm³/mol. The molecule has 3 rings (SSSR count). The lowest BCUT2D eigenvalue weighted by Crippen LogP contribution is -2.41. The van der Waals surface area contributed by atoms with E-state index in [-0.39, 0.29) is 0 Å². The van der Waals surface area contributed by atoms with Gasteiger partial charge in [-0.05, 0) is 25.0 Å². The number of aliphatic imine (C=N–C) groups is 1. The smallest absolute Gasteiger partial charge is 0.193 e. The van der Waals surface area contributed by atoms with E-state index in [0.29, 0.717) is 12.5 Å². The summed E-state index contributed by atoms with van der Waals surface area (Å²) in [6.07, 6.45) is 1.14. The largest absolute Gasteiger partial charge is 0.381 e. The van der Waals surface area contributed by atoms with Crippen molar-refractivity contribution in [2.75, 3.05) is 64.6 Å². The van der Waals surface area contributed by atoms with Crippen molar-refractivity contribution in [2.24, 2.45) is 10.9 Å². The Morgan fingerprint density at radius 1 is 1.23 bits per heavy atom. The van der Waals surface area contributed by atoms with Crippen molar-refractivity contribution in [1.29, 1.82) is 0 Å². The van der Waals surface area contributed by atoms with Crippen LogP contribution in [0, 0.1) is 5.92 Å². The summed E-state index contributed by atoms with van der Waals surface area (Å²) in [5, 5.41) is 3.43. The summed E-state index contributed by atoms with van der Waals surface area (Å²) in [6, 6.07) is 8.59. The lowest BCUT2D eigenvalue weighted by Gasteiger charge is -2.30. The Labute approximate surface area is 157 Å². The minimum absolute atomic E-state index is 0.601. The van der Waals surface area contributed by atoms with E-state index in [1.165, 1.54) is 11.3 Å². The summed E-state index contributed by atoms with van der Waals surface area (Å²) >= 11 is 0. The fraction of sp³-hybridized carbons (Fsp3) is 0.650. The molecule has 2 heterocycles. The number of anilines is 1. The van der Waals surface area contributed by atoms with Gasteiger partial charge in [0, 0.05) is 51.4 Å². The number of ether oxygens (including phenoxy) is 2. The molecule has 0 spiro atoms. The van der Waals surface area contributed by atoms with Crippen molar-refractivity contribution in [2.45, 2.75) is 19.9 Å². The van der Waals surface area contributed by atoms with Gasteiger partial charge in [0.2, 0.25) is 0 Å². The summed E-state index contributed by atoms with van der Waals surface area (Å²) in [5.41, 5.74) is 2.55. The molecule has 2 fully saturated rings. The van der Waals surface area contributed by atoms with Gasteiger partial charge < -0.3 is 24.6 Å². The Balaban J connectivity index is 1.68. The lowest BCUT2D eigenvalue weighted by molar-refractivity contribution is 0.122. The summed E-state index contributed by atoms with van der Waals surface area (Å²) in [4.78, 5) is 9.55. The van der Waals surface area contributed by atoms with E-state index in [2.05, 4.69) is 53.4 Å². The Hall–Kier alpha value is -1.79. The van der Waals surface area contributed by atoms with Gasteiger partial charge in [-0.2, -0.15) is 0 Å². The number of morpholine rings is 1. The normalized spacial score (nSPS) is 21.1. The van der Waals surface area contributed by atoms with Crippen LogP contribution in [0.2, 0.25) is 0 Å². The third-order valence-corrected chi connectivity index (χ3v) is 5.00. The second kappa shape index (κ2) is 9.78. The molecule has 1 atom stereocenters. The first kappa shape index (κ1) is 19.0. The highest BCUT2D eigenvalue weighted by Crippen LogP contribution is 2.22. The first-order valence-electron chi connectivity index (χ1n) is 9.75. The van der Waals surface area contributed by atoms with E-state index in [4.69, 9.17) is 14.5 Å². The van der Waals surface area contributed by atoms with Crippen LogP contribution in [0.15, 0.2) is 29.3 Å². The zero-order valence-corrected chi connectivity index (χ0v) is 16.1. The van der Waals surface area contributed by atoms with Crippen molar-refractivity contribution in [1.82, 2.24) is 10.2 Å². The molecule has 0 aliphatic carbocycles. The molecule has 26 heavy (non-hydrogen) atoms.